The molecule has 0 radical (unpaired) electrons. The Bertz CT molecular complexity index is 922. The second kappa shape index (κ2) is 14.2. The molecule has 2 aromatic rings. The molecule has 2 aromatic carbocycles. The van der Waals surface area contributed by atoms with Crippen LogP contribution >= 0.6 is 12.2 Å². The summed E-state index contributed by atoms with van der Waals surface area (Å²) in [5.41, 5.74) is 2.96. The van der Waals surface area contributed by atoms with Crippen LogP contribution in [0.25, 0.3) is 0 Å². The first-order valence-electron chi connectivity index (χ1n) is 12.6. The van der Waals surface area contributed by atoms with Gasteiger partial charge in [0.25, 0.3) is 0 Å². The maximum absolute atomic E-state index is 13.2. The van der Waals surface area contributed by atoms with E-state index in [0.717, 1.165) is 59.9 Å². The number of hydrogen-bond acceptors (Lipinski definition) is 5. The number of anilines is 1. The van der Waals surface area contributed by atoms with E-state index in [1.807, 2.05) is 6.21 Å². The molecule has 1 saturated heterocycles. The summed E-state index contributed by atoms with van der Waals surface area (Å²) >= 11 is 5.58. The largest absolute Gasteiger partial charge is 0.488 e. The van der Waals surface area contributed by atoms with Crippen molar-refractivity contribution in [3.05, 3.63) is 59.4 Å². The number of rotatable bonds is 13. The molecule has 0 bridgehead atoms. The van der Waals surface area contributed by atoms with E-state index in [1.54, 1.807) is 12.1 Å². The van der Waals surface area contributed by atoms with Gasteiger partial charge in [-0.15, -0.1) is 0 Å². The fourth-order valence-electron chi connectivity index (χ4n) is 4.29. The SMILES string of the molecule is CCN(CC)c1ccc(C=NCC(=S)CCCN2CCCCC2)c(OCc2ccc(F)cc2)c1. The van der Waals surface area contributed by atoms with Gasteiger partial charge < -0.3 is 14.5 Å². The van der Waals surface area contributed by atoms with Gasteiger partial charge >= 0.3 is 0 Å². The van der Waals surface area contributed by atoms with Crippen LogP contribution in [0.3, 0.4) is 0 Å². The summed E-state index contributed by atoms with van der Waals surface area (Å²) in [7, 11) is 0. The lowest BCUT2D eigenvalue weighted by atomic mass is 10.1. The molecule has 0 amide bonds. The molecule has 34 heavy (non-hydrogen) atoms. The van der Waals surface area contributed by atoms with E-state index in [9.17, 15) is 4.39 Å². The zero-order chi connectivity index (χ0) is 24.2. The molecule has 0 aliphatic carbocycles. The van der Waals surface area contributed by atoms with Crippen LogP contribution < -0.4 is 9.64 Å². The van der Waals surface area contributed by atoms with Gasteiger partial charge in [0, 0.05) is 41.5 Å². The van der Waals surface area contributed by atoms with Crippen LogP contribution in [-0.2, 0) is 6.61 Å². The van der Waals surface area contributed by atoms with E-state index in [0.29, 0.717) is 13.2 Å². The van der Waals surface area contributed by atoms with Gasteiger partial charge in [-0.1, -0.05) is 30.8 Å². The Hall–Kier alpha value is -2.31. The minimum absolute atomic E-state index is 0.244. The lowest BCUT2D eigenvalue weighted by Crippen LogP contribution is -2.30. The van der Waals surface area contributed by atoms with E-state index in [4.69, 9.17) is 17.0 Å². The third kappa shape index (κ3) is 8.48. The smallest absolute Gasteiger partial charge is 0.130 e. The van der Waals surface area contributed by atoms with E-state index < -0.39 is 0 Å². The van der Waals surface area contributed by atoms with Crippen LogP contribution in [0.1, 0.15) is 57.1 Å². The van der Waals surface area contributed by atoms with Gasteiger partial charge in [-0.25, -0.2) is 4.39 Å². The maximum Gasteiger partial charge on any atom is 0.130 e. The molecule has 3 rings (SSSR count). The number of thiocarbonyl (C=S) groups is 1. The first-order valence-corrected chi connectivity index (χ1v) is 13.0. The molecule has 0 unspecified atom stereocenters. The van der Waals surface area contributed by atoms with Crippen molar-refractivity contribution in [1.82, 2.24) is 4.90 Å². The normalized spacial score (nSPS) is 14.4. The van der Waals surface area contributed by atoms with Crippen molar-refractivity contribution in [3.8, 4) is 5.75 Å². The molecule has 0 spiro atoms. The molecule has 1 aliphatic heterocycles. The standard InChI is InChI=1S/C28H38FN3OS/c1-3-32(4-2)26-15-12-24(28(19-26)33-22-23-10-13-25(29)14-11-23)20-30-21-27(34)9-8-18-31-16-6-5-7-17-31/h10-15,19-20H,3-9,16-18,21-22H2,1-2H3. The van der Waals surface area contributed by atoms with Gasteiger partial charge in [-0.2, -0.15) is 0 Å². The van der Waals surface area contributed by atoms with Crippen LogP contribution in [0.15, 0.2) is 47.5 Å². The van der Waals surface area contributed by atoms with E-state index in [-0.39, 0.29) is 5.82 Å². The van der Waals surface area contributed by atoms with Crippen LogP contribution in [0, 0.1) is 5.82 Å². The number of benzene rings is 2. The molecule has 1 heterocycles. The highest BCUT2D eigenvalue weighted by atomic mass is 32.1. The van der Waals surface area contributed by atoms with Gasteiger partial charge in [0.15, 0.2) is 0 Å². The van der Waals surface area contributed by atoms with Crippen LogP contribution in [-0.4, -0.2) is 55.2 Å². The molecular formula is C28H38FN3OS. The minimum Gasteiger partial charge on any atom is -0.488 e. The van der Waals surface area contributed by atoms with Crippen LogP contribution in [0.2, 0.25) is 0 Å². The average Bonchev–Trinajstić information content (AvgIpc) is 2.86. The molecule has 1 aliphatic rings. The Morgan fingerprint density at radius 1 is 1.09 bits per heavy atom. The number of likely N-dealkylation sites (tertiary alicyclic amines) is 1. The molecule has 0 N–H and O–H groups in total. The van der Waals surface area contributed by atoms with Crippen LogP contribution in [0.4, 0.5) is 10.1 Å². The van der Waals surface area contributed by atoms with Gasteiger partial charge in [0.2, 0.25) is 0 Å². The quantitative estimate of drug-likeness (QED) is 0.247. The van der Waals surface area contributed by atoms with E-state index in [2.05, 4.69) is 46.8 Å². The Balaban J connectivity index is 1.59. The molecule has 184 valence electrons. The number of ether oxygens (including phenoxy) is 1. The average molecular weight is 484 g/mol. The first kappa shape index (κ1) is 26.3. The predicted molar refractivity (Wildman–Crippen MR) is 145 cm³/mol. The van der Waals surface area contributed by atoms with Gasteiger partial charge in [0.1, 0.15) is 18.2 Å². The molecule has 0 aromatic heterocycles. The summed E-state index contributed by atoms with van der Waals surface area (Å²) in [5, 5.41) is 0. The fraction of sp³-hybridized carbons (Fsp3) is 0.500. The Morgan fingerprint density at radius 2 is 1.82 bits per heavy atom. The first-order chi connectivity index (χ1) is 16.6. The summed E-state index contributed by atoms with van der Waals surface area (Å²) in [6.07, 6.45) is 7.94. The number of piperidine rings is 1. The Kier molecular flexibility index (Phi) is 11.0. The highest BCUT2D eigenvalue weighted by molar-refractivity contribution is 7.80. The summed E-state index contributed by atoms with van der Waals surface area (Å²) in [6, 6.07) is 12.6. The van der Waals surface area contributed by atoms with Gasteiger partial charge in [-0.05, 0) is 89.0 Å². The Labute approximate surface area is 209 Å². The molecule has 0 atom stereocenters. The third-order valence-corrected chi connectivity index (χ3v) is 6.64. The van der Waals surface area contributed by atoms with Crippen LogP contribution in [0.5, 0.6) is 5.75 Å². The topological polar surface area (TPSA) is 28.1 Å². The summed E-state index contributed by atoms with van der Waals surface area (Å²) in [4.78, 5) is 10.5. The van der Waals surface area contributed by atoms with E-state index >= 15 is 0 Å². The zero-order valence-corrected chi connectivity index (χ0v) is 21.5. The Morgan fingerprint density at radius 3 is 2.53 bits per heavy atom. The molecule has 1 fully saturated rings. The number of nitrogens with zero attached hydrogens (tertiary/aromatic N) is 3. The lowest BCUT2D eigenvalue weighted by Gasteiger charge is -2.26. The van der Waals surface area contributed by atoms with Crippen molar-refractivity contribution in [2.75, 3.05) is 44.2 Å². The van der Waals surface area contributed by atoms with Crippen molar-refractivity contribution >= 4 is 29.0 Å². The number of hydrogen-bond donors (Lipinski definition) is 0. The minimum atomic E-state index is -0.244. The van der Waals surface area contributed by atoms with Crippen molar-refractivity contribution < 1.29 is 9.13 Å². The fourth-order valence-corrected chi connectivity index (χ4v) is 4.51. The van der Waals surface area contributed by atoms with Crippen molar-refractivity contribution in [2.24, 2.45) is 4.99 Å². The van der Waals surface area contributed by atoms with Crippen molar-refractivity contribution in [3.63, 3.8) is 0 Å². The van der Waals surface area contributed by atoms with Crippen molar-refractivity contribution in [2.45, 2.75) is 52.6 Å². The monoisotopic (exact) mass is 483 g/mol. The molecule has 6 heteroatoms. The van der Waals surface area contributed by atoms with Crippen molar-refractivity contribution in [1.29, 1.82) is 0 Å². The maximum atomic E-state index is 13.2. The molecular weight excluding hydrogens is 445 g/mol. The molecule has 4 nitrogen and oxygen atoms in total. The van der Waals surface area contributed by atoms with E-state index in [1.165, 1.54) is 44.5 Å². The zero-order valence-electron chi connectivity index (χ0n) is 20.6. The lowest BCUT2D eigenvalue weighted by molar-refractivity contribution is 0.227. The molecule has 0 saturated carbocycles. The second-order valence-corrected chi connectivity index (χ2v) is 9.40. The second-order valence-electron chi connectivity index (χ2n) is 8.82. The van der Waals surface area contributed by atoms with Gasteiger partial charge in [-0.3, -0.25) is 4.99 Å². The third-order valence-electron chi connectivity index (χ3n) is 6.31. The highest BCUT2D eigenvalue weighted by Crippen LogP contribution is 2.26. The highest BCUT2D eigenvalue weighted by Gasteiger charge is 2.10. The summed E-state index contributed by atoms with van der Waals surface area (Å²) in [6.45, 7) is 10.7. The van der Waals surface area contributed by atoms with Gasteiger partial charge in [0.05, 0.1) is 6.54 Å². The summed E-state index contributed by atoms with van der Waals surface area (Å²) < 4.78 is 19.4. The predicted octanol–water partition coefficient (Wildman–Crippen LogP) is 6.31. The number of halogens is 1. The summed E-state index contributed by atoms with van der Waals surface area (Å²) in [5.74, 6) is 0.528. The number of aliphatic imine (C=N–C) groups is 1.